The van der Waals surface area contributed by atoms with E-state index in [1.807, 2.05) is 13.8 Å². The van der Waals surface area contributed by atoms with Crippen LogP contribution in [0.3, 0.4) is 0 Å². The molecule has 0 unspecified atom stereocenters. The van der Waals surface area contributed by atoms with Crippen molar-refractivity contribution in [3.05, 3.63) is 0 Å². The number of nitrogens with zero attached hydrogens (tertiary/aromatic N) is 2. The summed E-state index contributed by atoms with van der Waals surface area (Å²) in [7, 11) is 4.22. The summed E-state index contributed by atoms with van der Waals surface area (Å²) in [5.41, 5.74) is 0. The van der Waals surface area contributed by atoms with Crippen molar-refractivity contribution in [3.8, 4) is 0 Å². The van der Waals surface area contributed by atoms with Crippen LogP contribution in [0.25, 0.3) is 0 Å². The number of hydrogen-bond donors (Lipinski definition) is 1. The number of ether oxygens (including phenoxy) is 1. The van der Waals surface area contributed by atoms with Gasteiger partial charge in [0, 0.05) is 31.7 Å². The normalized spacial score (nSPS) is 30.8. The molecule has 2 rings (SSSR count). The molecule has 116 valence electrons. The molecule has 0 bridgehead atoms. The minimum absolute atomic E-state index is 0.0604. The number of carbonyl (C=O) groups is 1. The minimum atomic E-state index is -0.243. The molecule has 0 aliphatic carbocycles. The molecule has 0 aromatic heterocycles. The highest BCUT2D eigenvalue weighted by Crippen LogP contribution is 2.31. The highest BCUT2D eigenvalue weighted by molar-refractivity contribution is 5.81. The lowest BCUT2D eigenvalue weighted by molar-refractivity contribution is -0.144. The molecule has 0 aromatic carbocycles. The third-order valence-corrected chi connectivity index (χ3v) is 4.22. The largest absolute Gasteiger partial charge is 0.363 e. The van der Waals surface area contributed by atoms with Gasteiger partial charge in [-0.1, -0.05) is 0 Å². The van der Waals surface area contributed by atoms with E-state index in [-0.39, 0.29) is 24.2 Å². The predicted molar refractivity (Wildman–Crippen MR) is 79.7 cm³/mol. The second-order valence-corrected chi connectivity index (χ2v) is 6.60. The summed E-state index contributed by atoms with van der Waals surface area (Å²) in [6.07, 6.45) is 2.98. The summed E-state index contributed by atoms with van der Waals surface area (Å²) in [4.78, 5) is 16.8. The molecule has 2 heterocycles. The molecule has 0 spiro atoms. The van der Waals surface area contributed by atoms with Crippen LogP contribution in [0.4, 0.5) is 0 Å². The molecule has 2 saturated heterocycles. The van der Waals surface area contributed by atoms with Gasteiger partial charge in [0.15, 0.2) is 0 Å². The summed E-state index contributed by atoms with van der Waals surface area (Å²) in [6.45, 7) is 7.26. The Labute approximate surface area is 122 Å². The average molecular weight is 283 g/mol. The van der Waals surface area contributed by atoms with Gasteiger partial charge in [-0.2, -0.15) is 0 Å². The van der Waals surface area contributed by atoms with Crippen LogP contribution in [0.5, 0.6) is 0 Å². The number of rotatable bonds is 5. The fourth-order valence-electron chi connectivity index (χ4n) is 3.19. The maximum atomic E-state index is 12.0. The molecule has 2 aliphatic heterocycles. The lowest BCUT2D eigenvalue weighted by atomic mass is 9.98. The van der Waals surface area contributed by atoms with E-state index in [1.54, 1.807) is 0 Å². The topological polar surface area (TPSA) is 44.8 Å². The van der Waals surface area contributed by atoms with Gasteiger partial charge in [0.05, 0.1) is 6.10 Å². The zero-order valence-corrected chi connectivity index (χ0v) is 13.3. The highest BCUT2D eigenvalue weighted by atomic mass is 16.5. The molecule has 0 aromatic rings. The summed E-state index contributed by atoms with van der Waals surface area (Å²) in [5.74, 6) is 0.0604. The second kappa shape index (κ2) is 6.87. The molecule has 2 aliphatic rings. The molecular formula is C15H29N3O2. The Morgan fingerprint density at radius 1 is 1.35 bits per heavy atom. The van der Waals surface area contributed by atoms with Crippen molar-refractivity contribution in [1.82, 2.24) is 15.1 Å². The number of likely N-dealkylation sites (tertiary alicyclic amines) is 1. The van der Waals surface area contributed by atoms with Crippen LogP contribution in [-0.2, 0) is 9.53 Å². The van der Waals surface area contributed by atoms with Crippen LogP contribution >= 0.6 is 0 Å². The van der Waals surface area contributed by atoms with Gasteiger partial charge >= 0.3 is 0 Å². The maximum absolute atomic E-state index is 12.0. The van der Waals surface area contributed by atoms with Crippen molar-refractivity contribution < 1.29 is 9.53 Å². The number of carbonyl (C=O) groups excluding carboxylic acids is 1. The monoisotopic (exact) mass is 283 g/mol. The smallest absolute Gasteiger partial charge is 0.249 e. The molecule has 1 N–H and O–H groups in total. The van der Waals surface area contributed by atoms with Crippen molar-refractivity contribution in [2.45, 2.75) is 57.4 Å². The van der Waals surface area contributed by atoms with Crippen molar-refractivity contribution in [2.24, 2.45) is 0 Å². The Morgan fingerprint density at radius 3 is 2.75 bits per heavy atom. The Balaban J connectivity index is 1.83. The van der Waals surface area contributed by atoms with E-state index in [0.29, 0.717) is 6.04 Å². The summed E-state index contributed by atoms with van der Waals surface area (Å²) in [5, 5.41) is 2.96. The van der Waals surface area contributed by atoms with Gasteiger partial charge in [-0.05, 0) is 47.2 Å². The Hall–Kier alpha value is -0.650. The average Bonchev–Trinajstić information content (AvgIpc) is 2.77. The third-order valence-electron chi connectivity index (χ3n) is 4.22. The van der Waals surface area contributed by atoms with E-state index in [9.17, 15) is 4.79 Å². The molecule has 2 fully saturated rings. The minimum Gasteiger partial charge on any atom is -0.363 e. The van der Waals surface area contributed by atoms with E-state index >= 15 is 0 Å². The maximum Gasteiger partial charge on any atom is 0.249 e. The molecular weight excluding hydrogens is 254 g/mol. The zero-order chi connectivity index (χ0) is 14.7. The van der Waals surface area contributed by atoms with Gasteiger partial charge in [0.2, 0.25) is 5.91 Å². The molecule has 20 heavy (non-hydrogen) atoms. The van der Waals surface area contributed by atoms with Crippen LogP contribution in [0, 0.1) is 0 Å². The molecule has 3 atom stereocenters. The Bertz CT molecular complexity index is 333. The zero-order valence-electron chi connectivity index (χ0n) is 13.3. The van der Waals surface area contributed by atoms with Gasteiger partial charge in [0.25, 0.3) is 0 Å². The second-order valence-electron chi connectivity index (χ2n) is 6.60. The number of amides is 1. The molecule has 1 amide bonds. The van der Waals surface area contributed by atoms with Gasteiger partial charge in [-0.3, -0.25) is 9.69 Å². The molecule has 5 nitrogen and oxygen atoms in total. The summed E-state index contributed by atoms with van der Waals surface area (Å²) < 4.78 is 6.04. The van der Waals surface area contributed by atoms with Gasteiger partial charge in [-0.25, -0.2) is 0 Å². The SMILES string of the molecule is CC(C)NC(=O)[C@@H]1CC[C@H]2[C@H](CCN2CCN(C)C)O1. The van der Waals surface area contributed by atoms with Crippen molar-refractivity contribution in [3.63, 3.8) is 0 Å². The number of fused-ring (bicyclic) bond motifs is 1. The van der Waals surface area contributed by atoms with Crippen LogP contribution < -0.4 is 5.32 Å². The summed E-state index contributed by atoms with van der Waals surface area (Å²) >= 11 is 0. The first-order chi connectivity index (χ1) is 9.47. The standard InChI is InChI=1S/C15H29N3O2/c1-11(2)16-15(19)14-6-5-12-13(20-14)7-8-18(12)10-9-17(3)4/h11-14H,5-10H2,1-4H3,(H,16,19)/t12-,13-,14-/m0/s1. The van der Waals surface area contributed by atoms with Crippen molar-refractivity contribution in [1.29, 1.82) is 0 Å². The fourth-order valence-corrected chi connectivity index (χ4v) is 3.19. The van der Waals surface area contributed by atoms with E-state index in [2.05, 4.69) is 29.2 Å². The number of hydrogen-bond acceptors (Lipinski definition) is 4. The lowest BCUT2D eigenvalue weighted by Crippen LogP contribution is -2.49. The van der Waals surface area contributed by atoms with E-state index in [4.69, 9.17) is 4.74 Å². The quantitative estimate of drug-likeness (QED) is 0.806. The lowest BCUT2D eigenvalue weighted by Gasteiger charge is -2.36. The highest BCUT2D eigenvalue weighted by Gasteiger charge is 2.41. The van der Waals surface area contributed by atoms with Crippen LogP contribution in [-0.4, -0.2) is 73.7 Å². The van der Waals surface area contributed by atoms with Crippen molar-refractivity contribution >= 4 is 5.91 Å². The number of likely N-dealkylation sites (N-methyl/N-ethyl adjacent to an activating group) is 1. The van der Waals surface area contributed by atoms with Gasteiger partial charge in [-0.15, -0.1) is 0 Å². The van der Waals surface area contributed by atoms with Crippen LogP contribution in [0.2, 0.25) is 0 Å². The fraction of sp³-hybridized carbons (Fsp3) is 0.933. The van der Waals surface area contributed by atoms with E-state index in [1.165, 1.54) is 0 Å². The molecule has 5 heteroatoms. The molecule has 0 radical (unpaired) electrons. The first-order valence-electron chi connectivity index (χ1n) is 7.82. The Kier molecular flexibility index (Phi) is 5.41. The van der Waals surface area contributed by atoms with E-state index in [0.717, 1.165) is 38.9 Å². The molecule has 0 saturated carbocycles. The van der Waals surface area contributed by atoms with Gasteiger partial charge in [0.1, 0.15) is 6.10 Å². The predicted octanol–water partition coefficient (Wildman–Crippen LogP) is 0.695. The Morgan fingerprint density at radius 2 is 2.10 bits per heavy atom. The summed E-state index contributed by atoms with van der Waals surface area (Å²) in [6, 6.07) is 0.696. The van der Waals surface area contributed by atoms with Crippen molar-refractivity contribution in [2.75, 3.05) is 33.7 Å². The van der Waals surface area contributed by atoms with Crippen LogP contribution in [0.1, 0.15) is 33.1 Å². The van der Waals surface area contributed by atoms with Crippen LogP contribution in [0.15, 0.2) is 0 Å². The number of nitrogens with one attached hydrogen (secondary N) is 1. The van der Waals surface area contributed by atoms with E-state index < -0.39 is 0 Å². The first-order valence-corrected chi connectivity index (χ1v) is 7.82. The van der Waals surface area contributed by atoms with Gasteiger partial charge < -0.3 is 15.0 Å². The third kappa shape index (κ3) is 3.93. The first kappa shape index (κ1) is 15.7.